The Morgan fingerprint density at radius 1 is 0.554 bits per heavy atom. The lowest BCUT2D eigenvalue weighted by molar-refractivity contribution is -0.137. The predicted octanol–water partition coefficient (Wildman–Crippen LogP) is 17.8. The van der Waals surface area contributed by atoms with Crippen LogP contribution in [0.4, 0.5) is 13.2 Å². The molecule has 0 aliphatic heterocycles. The average molecular weight is 775 g/mol. The lowest BCUT2D eigenvalue weighted by Crippen LogP contribution is -2.10. The van der Waals surface area contributed by atoms with E-state index < -0.39 is 11.7 Å². The Kier molecular flexibility index (Phi) is 26.5. The van der Waals surface area contributed by atoms with E-state index in [0.29, 0.717) is 11.8 Å². The molecule has 0 bridgehead atoms. The summed E-state index contributed by atoms with van der Waals surface area (Å²) in [4.78, 5) is 0. The molecule has 4 aromatic carbocycles. The smallest absolute Gasteiger partial charge is 0.166 e. The molecule has 1 saturated carbocycles. The molecule has 3 heteroatoms. The second kappa shape index (κ2) is 28.1. The summed E-state index contributed by atoms with van der Waals surface area (Å²) in [6.45, 7) is 33.1. The van der Waals surface area contributed by atoms with Crippen LogP contribution in [0, 0.1) is 32.6 Å². The molecule has 1 aliphatic rings. The van der Waals surface area contributed by atoms with Gasteiger partial charge >= 0.3 is 6.18 Å². The maximum Gasteiger partial charge on any atom is 0.416 e. The van der Waals surface area contributed by atoms with Gasteiger partial charge in [0.2, 0.25) is 0 Å². The van der Waals surface area contributed by atoms with E-state index in [4.69, 9.17) is 0 Å². The molecule has 0 radical (unpaired) electrons. The number of halogens is 3. The monoisotopic (exact) mass is 775 g/mol. The Morgan fingerprint density at radius 3 is 1.23 bits per heavy atom. The first kappa shape index (κ1) is 52.7. The summed E-state index contributed by atoms with van der Waals surface area (Å²) in [5.41, 5.74) is 9.13. The van der Waals surface area contributed by atoms with Crippen molar-refractivity contribution in [2.24, 2.45) is 11.8 Å². The highest BCUT2D eigenvalue weighted by Gasteiger charge is 2.29. The van der Waals surface area contributed by atoms with Crippen molar-refractivity contribution >= 4 is 0 Å². The van der Waals surface area contributed by atoms with Crippen LogP contribution in [-0.4, -0.2) is 0 Å². The van der Waals surface area contributed by atoms with E-state index in [1.807, 2.05) is 6.07 Å². The minimum atomic E-state index is -4.21. The van der Waals surface area contributed by atoms with Crippen molar-refractivity contribution in [3.63, 3.8) is 0 Å². The van der Waals surface area contributed by atoms with E-state index in [-0.39, 0.29) is 5.41 Å². The fourth-order valence-electron chi connectivity index (χ4n) is 6.03. The van der Waals surface area contributed by atoms with Gasteiger partial charge in [-0.05, 0) is 96.2 Å². The molecule has 0 amide bonds. The summed E-state index contributed by atoms with van der Waals surface area (Å²) in [7, 11) is 0. The second-order valence-electron chi connectivity index (χ2n) is 17.4. The third-order valence-electron chi connectivity index (χ3n) is 10.5. The standard InChI is InChI=1S/C13H20.C11H16.C8H7F3.C8H10.C7H14.C6H14/c1-9(2)12-7-6-8-13(10(3)4)11(12)5;1-9-5-7-10(8-6-9)11(2,3)4;1-6-2-4-7(5-3-6)8(9,10)11;1-2-8-6-4-3-5-7-8;1-7-5-3-2-4-6-7;1-4-6(3)5-2/h6-10H,1-5H3;5-8H,1-4H3;2-5H,1H3;3-7H,2H2,1H3;7H,2-6H2,1H3;6H,4-5H2,1-3H3. The Hall–Kier alpha value is -3.33. The van der Waals surface area contributed by atoms with Gasteiger partial charge in [0, 0.05) is 0 Å². The zero-order chi connectivity index (χ0) is 42.9. The quantitative estimate of drug-likeness (QED) is 0.189. The van der Waals surface area contributed by atoms with E-state index in [2.05, 4.69) is 164 Å². The summed E-state index contributed by atoms with van der Waals surface area (Å²) in [6, 6.07) is 30.9. The third-order valence-corrected chi connectivity index (χ3v) is 10.5. The van der Waals surface area contributed by atoms with Gasteiger partial charge in [0.1, 0.15) is 0 Å². The molecule has 0 saturated heterocycles. The first-order valence-electron chi connectivity index (χ1n) is 21.5. The number of rotatable bonds is 5. The molecule has 5 rings (SSSR count). The normalized spacial score (nSPS) is 12.7. The number of hydrogen-bond acceptors (Lipinski definition) is 0. The molecule has 0 unspecified atom stereocenters. The van der Waals surface area contributed by atoms with Gasteiger partial charge in [0.15, 0.2) is 0 Å². The van der Waals surface area contributed by atoms with E-state index in [1.165, 1.54) is 90.5 Å². The molecule has 314 valence electrons. The lowest BCUT2D eigenvalue weighted by atomic mass is 9.87. The van der Waals surface area contributed by atoms with Crippen LogP contribution < -0.4 is 0 Å². The van der Waals surface area contributed by atoms with Crippen LogP contribution in [-0.2, 0) is 18.0 Å². The van der Waals surface area contributed by atoms with E-state index in [1.54, 1.807) is 6.92 Å². The maximum absolute atomic E-state index is 11.9. The summed E-state index contributed by atoms with van der Waals surface area (Å²) in [5.74, 6) is 3.25. The molecular formula is C53H81F3. The summed E-state index contributed by atoms with van der Waals surface area (Å²) >= 11 is 0. The molecule has 0 aromatic heterocycles. The van der Waals surface area contributed by atoms with Gasteiger partial charge in [0.25, 0.3) is 0 Å². The van der Waals surface area contributed by atoms with Crippen LogP contribution in [0.25, 0.3) is 0 Å². The van der Waals surface area contributed by atoms with Crippen molar-refractivity contribution in [1.82, 2.24) is 0 Å². The first-order chi connectivity index (χ1) is 26.2. The summed E-state index contributed by atoms with van der Waals surface area (Å²) < 4.78 is 35.8. The highest BCUT2D eigenvalue weighted by Crippen LogP contribution is 2.29. The van der Waals surface area contributed by atoms with Gasteiger partial charge in [-0.1, -0.05) is 224 Å². The van der Waals surface area contributed by atoms with Gasteiger partial charge < -0.3 is 0 Å². The molecule has 0 N–H and O–H groups in total. The lowest BCUT2D eigenvalue weighted by Gasteiger charge is -2.18. The van der Waals surface area contributed by atoms with Crippen molar-refractivity contribution in [2.45, 2.75) is 179 Å². The molecule has 0 heterocycles. The van der Waals surface area contributed by atoms with Crippen LogP contribution in [0.15, 0.2) is 97.1 Å². The molecule has 0 spiro atoms. The average Bonchev–Trinajstić information content (AvgIpc) is 3.16. The number of hydrogen-bond donors (Lipinski definition) is 0. The molecule has 4 aromatic rings. The van der Waals surface area contributed by atoms with Gasteiger partial charge in [-0.25, -0.2) is 0 Å². The van der Waals surface area contributed by atoms with E-state index in [0.717, 1.165) is 36.0 Å². The maximum atomic E-state index is 11.9. The zero-order valence-electron chi connectivity index (χ0n) is 38.3. The van der Waals surface area contributed by atoms with Crippen molar-refractivity contribution in [1.29, 1.82) is 0 Å². The Bertz CT molecular complexity index is 1430. The molecule has 1 aliphatic carbocycles. The van der Waals surface area contributed by atoms with Gasteiger partial charge in [-0.2, -0.15) is 13.2 Å². The Morgan fingerprint density at radius 2 is 0.964 bits per heavy atom. The van der Waals surface area contributed by atoms with Crippen LogP contribution in [0.1, 0.15) is 184 Å². The fraction of sp³-hybridized carbons (Fsp3) is 0.547. The Labute approximate surface area is 344 Å². The number of aryl methyl sites for hydroxylation is 3. The highest BCUT2D eigenvalue weighted by atomic mass is 19.4. The van der Waals surface area contributed by atoms with Crippen molar-refractivity contribution in [2.75, 3.05) is 0 Å². The SMILES string of the molecule is CC1CCCCC1.CCC(C)CC.CCc1ccccc1.Cc1c(C(C)C)cccc1C(C)C.Cc1ccc(C(C)(C)C)cc1.Cc1ccc(C(F)(F)F)cc1. The fourth-order valence-corrected chi connectivity index (χ4v) is 6.03. The molecule has 0 nitrogen and oxygen atoms in total. The Balaban J connectivity index is 0.000000660. The van der Waals surface area contributed by atoms with E-state index >= 15 is 0 Å². The summed E-state index contributed by atoms with van der Waals surface area (Å²) in [6.07, 6.45) is 7.02. The van der Waals surface area contributed by atoms with Crippen molar-refractivity contribution < 1.29 is 13.2 Å². The molecular weight excluding hydrogens is 694 g/mol. The summed E-state index contributed by atoms with van der Waals surface area (Å²) in [5, 5.41) is 0. The zero-order valence-corrected chi connectivity index (χ0v) is 38.3. The first-order valence-corrected chi connectivity index (χ1v) is 21.5. The van der Waals surface area contributed by atoms with Crippen molar-refractivity contribution in [3.8, 4) is 0 Å². The minimum Gasteiger partial charge on any atom is -0.166 e. The largest absolute Gasteiger partial charge is 0.416 e. The van der Waals surface area contributed by atoms with Gasteiger partial charge in [0.05, 0.1) is 5.56 Å². The highest BCUT2D eigenvalue weighted by molar-refractivity contribution is 5.37. The number of benzene rings is 4. The minimum absolute atomic E-state index is 0.285. The van der Waals surface area contributed by atoms with Crippen molar-refractivity contribution in [3.05, 3.63) is 142 Å². The second-order valence-corrected chi connectivity index (χ2v) is 17.4. The number of alkyl halides is 3. The molecule has 1 fully saturated rings. The van der Waals surface area contributed by atoms with Gasteiger partial charge in [-0.15, -0.1) is 0 Å². The third kappa shape index (κ3) is 23.7. The topological polar surface area (TPSA) is 0 Å². The van der Waals surface area contributed by atoms with Gasteiger partial charge in [-0.3, -0.25) is 0 Å². The van der Waals surface area contributed by atoms with E-state index in [9.17, 15) is 13.2 Å². The molecule has 0 atom stereocenters. The predicted molar refractivity (Wildman–Crippen MR) is 243 cm³/mol. The van der Waals surface area contributed by atoms with Crippen LogP contribution in [0.2, 0.25) is 0 Å². The van der Waals surface area contributed by atoms with Crippen LogP contribution in [0.3, 0.4) is 0 Å². The van der Waals surface area contributed by atoms with Crippen LogP contribution in [0.5, 0.6) is 0 Å². The van der Waals surface area contributed by atoms with Crippen LogP contribution >= 0.6 is 0 Å². The molecule has 56 heavy (non-hydrogen) atoms.